The van der Waals surface area contributed by atoms with Gasteiger partial charge in [0.1, 0.15) is 5.52 Å². The molecule has 0 aliphatic carbocycles. The van der Waals surface area contributed by atoms with Crippen molar-refractivity contribution in [1.29, 1.82) is 0 Å². The standard InChI is InChI=1S/C18H14N2O2/c21-17-14(8-7-13-5-3-10-19-16(13)17)18(22)20-11-9-12-4-1-2-6-15(12)20/h1-8,10,21H,9,11H2. The molecule has 4 nitrogen and oxygen atoms in total. The van der Waals surface area contributed by atoms with Gasteiger partial charge in [0.25, 0.3) is 5.91 Å². The van der Waals surface area contributed by atoms with Crippen LogP contribution in [0.5, 0.6) is 5.75 Å². The molecule has 0 bridgehead atoms. The van der Waals surface area contributed by atoms with Crippen LogP contribution in [-0.4, -0.2) is 22.5 Å². The topological polar surface area (TPSA) is 53.4 Å². The molecule has 1 N–H and O–H groups in total. The summed E-state index contributed by atoms with van der Waals surface area (Å²) in [6.07, 6.45) is 2.45. The Balaban J connectivity index is 1.80. The first kappa shape index (κ1) is 12.8. The minimum atomic E-state index is -0.185. The van der Waals surface area contributed by atoms with Gasteiger partial charge in [0, 0.05) is 23.8 Å². The number of hydrogen-bond acceptors (Lipinski definition) is 3. The summed E-state index contributed by atoms with van der Waals surface area (Å²) >= 11 is 0. The molecule has 108 valence electrons. The summed E-state index contributed by atoms with van der Waals surface area (Å²) in [4.78, 5) is 18.7. The number of para-hydroxylation sites is 1. The van der Waals surface area contributed by atoms with Gasteiger partial charge in [-0.3, -0.25) is 9.78 Å². The number of hydrogen-bond donors (Lipinski definition) is 1. The fourth-order valence-electron chi connectivity index (χ4n) is 3.00. The third-order valence-electron chi connectivity index (χ3n) is 4.11. The number of anilines is 1. The number of benzene rings is 2. The summed E-state index contributed by atoms with van der Waals surface area (Å²) in [5.74, 6) is -0.234. The molecule has 0 unspecified atom stereocenters. The molecule has 1 aliphatic heterocycles. The number of amides is 1. The number of phenolic OH excluding ortho intramolecular Hbond substituents is 1. The van der Waals surface area contributed by atoms with Crippen LogP contribution in [0.1, 0.15) is 15.9 Å². The molecule has 0 spiro atoms. The fraction of sp³-hybridized carbons (Fsp3) is 0.111. The minimum Gasteiger partial charge on any atom is -0.505 e. The van der Waals surface area contributed by atoms with Crippen molar-refractivity contribution < 1.29 is 9.90 Å². The number of carbonyl (C=O) groups excluding carboxylic acids is 1. The molecule has 22 heavy (non-hydrogen) atoms. The summed E-state index contributed by atoms with van der Waals surface area (Å²) in [6, 6.07) is 15.0. The smallest absolute Gasteiger partial charge is 0.262 e. The minimum absolute atomic E-state index is 0.0486. The molecule has 1 aliphatic rings. The van der Waals surface area contributed by atoms with E-state index in [1.54, 1.807) is 23.2 Å². The summed E-state index contributed by atoms with van der Waals surface area (Å²) in [5, 5.41) is 11.2. The van der Waals surface area contributed by atoms with Crippen LogP contribution in [0.4, 0.5) is 5.69 Å². The van der Waals surface area contributed by atoms with Crippen LogP contribution in [0.3, 0.4) is 0 Å². The van der Waals surface area contributed by atoms with E-state index in [1.807, 2.05) is 36.4 Å². The molecule has 4 rings (SSSR count). The van der Waals surface area contributed by atoms with Crippen molar-refractivity contribution in [2.45, 2.75) is 6.42 Å². The summed E-state index contributed by atoms with van der Waals surface area (Å²) in [7, 11) is 0. The lowest BCUT2D eigenvalue weighted by Gasteiger charge is -2.18. The number of fused-ring (bicyclic) bond motifs is 2. The number of phenols is 1. The lowest BCUT2D eigenvalue weighted by Crippen LogP contribution is -2.28. The highest BCUT2D eigenvalue weighted by molar-refractivity contribution is 6.11. The number of carbonyl (C=O) groups is 1. The lowest BCUT2D eigenvalue weighted by atomic mass is 10.1. The van der Waals surface area contributed by atoms with E-state index >= 15 is 0 Å². The predicted octanol–water partition coefficient (Wildman–Crippen LogP) is 3.14. The summed E-state index contributed by atoms with van der Waals surface area (Å²) in [5.41, 5.74) is 2.84. The second kappa shape index (κ2) is 4.84. The van der Waals surface area contributed by atoms with E-state index in [-0.39, 0.29) is 11.7 Å². The van der Waals surface area contributed by atoms with E-state index in [1.165, 1.54) is 0 Å². The Hall–Kier alpha value is -2.88. The number of aromatic hydroxyl groups is 1. The molecule has 0 fully saturated rings. The van der Waals surface area contributed by atoms with E-state index in [9.17, 15) is 9.90 Å². The van der Waals surface area contributed by atoms with E-state index < -0.39 is 0 Å². The second-order valence-electron chi connectivity index (χ2n) is 5.37. The first-order valence-corrected chi connectivity index (χ1v) is 7.22. The highest BCUT2D eigenvalue weighted by atomic mass is 16.3. The van der Waals surface area contributed by atoms with Crippen molar-refractivity contribution in [3.63, 3.8) is 0 Å². The van der Waals surface area contributed by atoms with Gasteiger partial charge in [0.05, 0.1) is 5.56 Å². The zero-order valence-corrected chi connectivity index (χ0v) is 11.9. The molecular formula is C18H14N2O2. The maximum atomic E-state index is 12.8. The monoisotopic (exact) mass is 290 g/mol. The van der Waals surface area contributed by atoms with Gasteiger partial charge in [-0.05, 0) is 30.2 Å². The molecule has 1 aromatic heterocycles. The van der Waals surface area contributed by atoms with Crippen molar-refractivity contribution in [2.75, 3.05) is 11.4 Å². The molecular weight excluding hydrogens is 276 g/mol. The first-order chi connectivity index (χ1) is 10.8. The first-order valence-electron chi connectivity index (χ1n) is 7.22. The van der Waals surface area contributed by atoms with Gasteiger partial charge >= 0.3 is 0 Å². The van der Waals surface area contributed by atoms with Crippen LogP contribution in [0.25, 0.3) is 10.9 Å². The molecule has 0 saturated carbocycles. The number of pyridine rings is 1. The number of nitrogens with zero attached hydrogens (tertiary/aromatic N) is 2. The average Bonchev–Trinajstić information content (AvgIpc) is 2.99. The molecule has 4 heteroatoms. The lowest BCUT2D eigenvalue weighted by molar-refractivity contribution is 0.0987. The van der Waals surface area contributed by atoms with Crippen LogP contribution >= 0.6 is 0 Å². The van der Waals surface area contributed by atoms with Gasteiger partial charge in [-0.1, -0.05) is 30.3 Å². The maximum absolute atomic E-state index is 12.8. The molecule has 1 amide bonds. The van der Waals surface area contributed by atoms with Crippen LogP contribution in [-0.2, 0) is 6.42 Å². The van der Waals surface area contributed by atoms with Crippen molar-refractivity contribution in [2.24, 2.45) is 0 Å². The van der Waals surface area contributed by atoms with Crippen LogP contribution in [0, 0.1) is 0 Å². The molecule has 3 aromatic rings. The van der Waals surface area contributed by atoms with Crippen molar-refractivity contribution in [3.05, 3.63) is 65.9 Å². The van der Waals surface area contributed by atoms with Gasteiger partial charge in [-0.25, -0.2) is 0 Å². The Morgan fingerprint density at radius 2 is 1.95 bits per heavy atom. The normalized spacial score (nSPS) is 13.4. The molecule has 0 saturated heterocycles. The third kappa shape index (κ3) is 1.84. The maximum Gasteiger partial charge on any atom is 0.262 e. The van der Waals surface area contributed by atoms with Gasteiger partial charge in [-0.2, -0.15) is 0 Å². The molecule has 2 heterocycles. The van der Waals surface area contributed by atoms with Crippen LogP contribution in [0.15, 0.2) is 54.7 Å². The average molecular weight is 290 g/mol. The Kier molecular flexibility index (Phi) is 2.82. The highest BCUT2D eigenvalue weighted by Crippen LogP contribution is 2.33. The van der Waals surface area contributed by atoms with E-state index in [4.69, 9.17) is 0 Å². The number of rotatable bonds is 1. The molecule has 2 aromatic carbocycles. The van der Waals surface area contributed by atoms with Crippen molar-refractivity contribution >= 4 is 22.5 Å². The van der Waals surface area contributed by atoms with Gasteiger partial charge in [-0.15, -0.1) is 0 Å². The quantitative estimate of drug-likeness (QED) is 0.749. The Morgan fingerprint density at radius 1 is 1.09 bits per heavy atom. The summed E-state index contributed by atoms with van der Waals surface area (Å²) < 4.78 is 0. The Bertz CT molecular complexity index is 889. The summed E-state index contributed by atoms with van der Waals surface area (Å²) in [6.45, 7) is 0.637. The third-order valence-corrected chi connectivity index (χ3v) is 4.11. The van der Waals surface area contributed by atoms with Gasteiger partial charge in [0.2, 0.25) is 0 Å². The van der Waals surface area contributed by atoms with E-state index in [0.717, 1.165) is 23.1 Å². The molecule has 0 radical (unpaired) electrons. The van der Waals surface area contributed by atoms with Crippen molar-refractivity contribution in [1.82, 2.24) is 4.98 Å². The van der Waals surface area contributed by atoms with E-state index in [0.29, 0.717) is 17.6 Å². The molecule has 0 atom stereocenters. The fourth-order valence-corrected chi connectivity index (χ4v) is 3.00. The SMILES string of the molecule is O=C(c1ccc2cccnc2c1O)N1CCc2ccccc21. The Morgan fingerprint density at radius 3 is 2.86 bits per heavy atom. The Labute approximate surface area is 127 Å². The highest BCUT2D eigenvalue weighted by Gasteiger charge is 2.27. The largest absolute Gasteiger partial charge is 0.505 e. The second-order valence-corrected chi connectivity index (χ2v) is 5.37. The predicted molar refractivity (Wildman–Crippen MR) is 85.2 cm³/mol. The zero-order chi connectivity index (χ0) is 15.1. The van der Waals surface area contributed by atoms with Gasteiger partial charge in [0.15, 0.2) is 5.75 Å². The van der Waals surface area contributed by atoms with Crippen LogP contribution < -0.4 is 4.90 Å². The van der Waals surface area contributed by atoms with Crippen LogP contribution in [0.2, 0.25) is 0 Å². The van der Waals surface area contributed by atoms with E-state index in [2.05, 4.69) is 4.98 Å². The van der Waals surface area contributed by atoms with Crippen molar-refractivity contribution in [3.8, 4) is 5.75 Å². The number of aromatic nitrogens is 1. The zero-order valence-electron chi connectivity index (χ0n) is 11.9. The van der Waals surface area contributed by atoms with Gasteiger partial charge < -0.3 is 10.0 Å².